The Morgan fingerprint density at radius 2 is 2.11 bits per heavy atom. The van der Waals surface area contributed by atoms with Crippen molar-refractivity contribution in [3.8, 4) is 0 Å². The van der Waals surface area contributed by atoms with E-state index in [0.29, 0.717) is 17.9 Å². The van der Waals surface area contributed by atoms with Crippen molar-refractivity contribution in [2.45, 2.75) is 51.0 Å². The number of rotatable bonds is 7. The lowest BCUT2D eigenvalue weighted by Gasteiger charge is -2.16. The number of sulfonamides is 1. The highest BCUT2D eigenvalue weighted by atomic mass is 32.2. The van der Waals surface area contributed by atoms with Gasteiger partial charge in [-0.05, 0) is 20.3 Å². The van der Waals surface area contributed by atoms with Crippen LogP contribution < -0.4 is 10.5 Å². The fourth-order valence-electron chi connectivity index (χ4n) is 1.89. The number of hydrogen-bond acceptors (Lipinski definition) is 4. The van der Waals surface area contributed by atoms with Gasteiger partial charge in [0, 0.05) is 12.6 Å². The van der Waals surface area contributed by atoms with E-state index in [4.69, 9.17) is 5.73 Å². The fraction of sp³-hybridized carbons (Fsp3) is 0.727. The molecule has 0 spiro atoms. The maximum Gasteiger partial charge on any atom is 0.244 e. The van der Waals surface area contributed by atoms with Crippen LogP contribution in [0, 0.1) is 13.8 Å². The first kappa shape index (κ1) is 15.1. The molecular weight excluding hydrogens is 252 g/mol. The third-order valence-corrected chi connectivity index (χ3v) is 4.62. The minimum Gasteiger partial charge on any atom is -0.329 e. The zero-order valence-electron chi connectivity index (χ0n) is 11.2. The molecule has 0 bridgehead atoms. The average Bonchev–Trinajstić information content (AvgIpc) is 2.64. The Bertz CT molecular complexity index is 462. The predicted molar refractivity (Wildman–Crippen MR) is 70.8 cm³/mol. The van der Waals surface area contributed by atoms with E-state index in [2.05, 4.69) is 21.8 Å². The summed E-state index contributed by atoms with van der Waals surface area (Å²) >= 11 is 0. The van der Waals surface area contributed by atoms with Crippen LogP contribution in [0.4, 0.5) is 0 Å². The zero-order chi connectivity index (χ0) is 13.8. The summed E-state index contributed by atoms with van der Waals surface area (Å²) in [7, 11) is -3.54. The van der Waals surface area contributed by atoms with Crippen molar-refractivity contribution in [2.24, 2.45) is 5.73 Å². The molecule has 18 heavy (non-hydrogen) atoms. The number of nitrogens with two attached hydrogens (primary N) is 1. The third-order valence-electron chi connectivity index (χ3n) is 2.84. The second-order valence-electron chi connectivity index (χ2n) is 4.46. The van der Waals surface area contributed by atoms with Gasteiger partial charge in [-0.1, -0.05) is 19.8 Å². The first-order chi connectivity index (χ1) is 8.42. The molecule has 1 atom stereocenters. The summed E-state index contributed by atoms with van der Waals surface area (Å²) in [5.74, 6) is 0. The maximum atomic E-state index is 12.2. The molecule has 4 N–H and O–H groups in total. The summed E-state index contributed by atoms with van der Waals surface area (Å²) < 4.78 is 27.1. The molecule has 0 saturated carbocycles. The summed E-state index contributed by atoms with van der Waals surface area (Å²) in [6.45, 7) is 5.72. The Hall–Kier alpha value is -0.920. The Morgan fingerprint density at radius 1 is 1.44 bits per heavy atom. The molecule has 0 aliphatic carbocycles. The largest absolute Gasteiger partial charge is 0.329 e. The second-order valence-corrected chi connectivity index (χ2v) is 6.11. The lowest BCUT2D eigenvalue weighted by molar-refractivity contribution is 0.516. The minimum absolute atomic E-state index is 0.219. The third kappa shape index (κ3) is 3.54. The highest BCUT2D eigenvalue weighted by Crippen LogP contribution is 2.17. The number of aromatic amines is 1. The van der Waals surface area contributed by atoms with Crippen molar-refractivity contribution >= 4 is 10.0 Å². The van der Waals surface area contributed by atoms with Crippen LogP contribution in [-0.2, 0) is 10.0 Å². The van der Waals surface area contributed by atoms with Gasteiger partial charge < -0.3 is 5.73 Å². The van der Waals surface area contributed by atoms with Gasteiger partial charge in [-0.25, -0.2) is 13.1 Å². The van der Waals surface area contributed by atoms with Crippen LogP contribution in [0.1, 0.15) is 37.6 Å². The van der Waals surface area contributed by atoms with Crippen molar-refractivity contribution in [1.29, 1.82) is 0 Å². The Morgan fingerprint density at radius 3 is 2.56 bits per heavy atom. The topological polar surface area (TPSA) is 101 Å². The number of unbranched alkanes of at least 4 members (excludes halogenated alkanes) is 1. The molecule has 0 aromatic carbocycles. The molecule has 0 saturated heterocycles. The molecule has 1 unspecified atom stereocenters. The summed E-state index contributed by atoms with van der Waals surface area (Å²) in [6, 6.07) is -0.219. The zero-order valence-corrected chi connectivity index (χ0v) is 12.0. The van der Waals surface area contributed by atoms with Gasteiger partial charge in [0.2, 0.25) is 10.0 Å². The minimum atomic E-state index is -3.54. The number of nitrogens with zero attached hydrogens (tertiary/aromatic N) is 1. The van der Waals surface area contributed by atoms with E-state index in [1.165, 1.54) is 0 Å². The number of hydrogen-bond donors (Lipinski definition) is 3. The smallest absolute Gasteiger partial charge is 0.244 e. The summed E-state index contributed by atoms with van der Waals surface area (Å²) in [5, 5.41) is 6.58. The van der Waals surface area contributed by atoms with Gasteiger partial charge in [0.05, 0.1) is 11.4 Å². The molecule has 0 radical (unpaired) electrons. The van der Waals surface area contributed by atoms with Gasteiger partial charge in [-0.3, -0.25) is 5.10 Å². The standard InChI is InChI=1S/C11H22N4O2S/c1-4-5-6-10(7-12)15-18(16,17)11-8(2)13-14-9(11)3/h10,15H,4-7,12H2,1-3H3,(H,13,14). The Labute approximate surface area is 108 Å². The number of aromatic nitrogens is 2. The molecule has 7 heteroatoms. The van der Waals surface area contributed by atoms with E-state index in [1.54, 1.807) is 13.8 Å². The lowest BCUT2D eigenvalue weighted by atomic mass is 10.1. The molecule has 0 amide bonds. The van der Waals surface area contributed by atoms with Gasteiger partial charge in [0.1, 0.15) is 4.90 Å². The van der Waals surface area contributed by atoms with Gasteiger partial charge in [-0.15, -0.1) is 0 Å². The molecule has 1 rings (SSSR count). The molecule has 0 aliphatic heterocycles. The molecule has 0 fully saturated rings. The van der Waals surface area contributed by atoms with Crippen LogP contribution in [0.2, 0.25) is 0 Å². The molecule has 1 heterocycles. The van der Waals surface area contributed by atoms with E-state index < -0.39 is 10.0 Å². The SMILES string of the molecule is CCCCC(CN)NS(=O)(=O)c1c(C)n[nH]c1C. The molecule has 104 valence electrons. The van der Waals surface area contributed by atoms with Crippen LogP contribution >= 0.6 is 0 Å². The summed E-state index contributed by atoms with van der Waals surface area (Å²) in [6.07, 6.45) is 2.72. The molecule has 0 aliphatic rings. The Kier molecular flexibility index (Phi) is 5.30. The molecule has 1 aromatic rings. The maximum absolute atomic E-state index is 12.2. The van der Waals surface area contributed by atoms with E-state index >= 15 is 0 Å². The van der Waals surface area contributed by atoms with E-state index in [9.17, 15) is 8.42 Å². The number of H-pyrrole nitrogens is 1. The van der Waals surface area contributed by atoms with E-state index in [1.807, 2.05) is 0 Å². The van der Waals surface area contributed by atoms with Crippen LogP contribution in [0.5, 0.6) is 0 Å². The van der Waals surface area contributed by atoms with Crippen molar-refractivity contribution in [3.63, 3.8) is 0 Å². The molecular formula is C11H22N4O2S. The normalized spacial score (nSPS) is 13.8. The van der Waals surface area contributed by atoms with Crippen LogP contribution in [0.3, 0.4) is 0 Å². The van der Waals surface area contributed by atoms with E-state index in [0.717, 1.165) is 19.3 Å². The van der Waals surface area contributed by atoms with Gasteiger partial charge in [0.25, 0.3) is 0 Å². The molecule has 1 aromatic heterocycles. The highest BCUT2D eigenvalue weighted by Gasteiger charge is 2.24. The van der Waals surface area contributed by atoms with Crippen molar-refractivity contribution in [1.82, 2.24) is 14.9 Å². The summed E-state index contributed by atoms with van der Waals surface area (Å²) in [4.78, 5) is 0.234. The highest BCUT2D eigenvalue weighted by molar-refractivity contribution is 7.89. The average molecular weight is 274 g/mol. The van der Waals surface area contributed by atoms with Crippen LogP contribution in [-0.4, -0.2) is 31.2 Å². The van der Waals surface area contributed by atoms with Crippen LogP contribution in [0.25, 0.3) is 0 Å². The summed E-state index contributed by atoms with van der Waals surface area (Å²) in [5.41, 5.74) is 6.63. The van der Waals surface area contributed by atoms with Crippen molar-refractivity contribution in [2.75, 3.05) is 6.54 Å². The van der Waals surface area contributed by atoms with Gasteiger partial charge >= 0.3 is 0 Å². The van der Waals surface area contributed by atoms with Crippen molar-refractivity contribution < 1.29 is 8.42 Å². The number of aryl methyl sites for hydroxylation is 2. The lowest BCUT2D eigenvalue weighted by Crippen LogP contribution is -2.40. The molecule has 6 nitrogen and oxygen atoms in total. The van der Waals surface area contributed by atoms with Gasteiger partial charge in [0.15, 0.2) is 0 Å². The first-order valence-electron chi connectivity index (χ1n) is 6.16. The van der Waals surface area contributed by atoms with Crippen LogP contribution in [0.15, 0.2) is 4.90 Å². The second kappa shape index (κ2) is 6.31. The first-order valence-corrected chi connectivity index (χ1v) is 7.64. The fourth-order valence-corrected chi connectivity index (χ4v) is 3.54. The monoisotopic (exact) mass is 274 g/mol. The van der Waals surface area contributed by atoms with E-state index in [-0.39, 0.29) is 10.9 Å². The Balaban J connectivity index is 2.87. The van der Waals surface area contributed by atoms with Crippen molar-refractivity contribution in [3.05, 3.63) is 11.4 Å². The quantitative estimate of drug-likeness (QED) is 0.685. The van der Waals surface area contributed by atoms with Gasteiger partial charge in [-0.2, -0.15) is 5.10 Å². The number of nitrogens with one attached hydrogen (secondary N) is 2. The predicted octanol–water partition coefficient (Wildman–Crippen LogP) is 0.822.